The molecule has 1 aliphatic heterocycles. The lowest BCUT2D eigenvalue weighted by Crippen LogP contribution is -2.40. The molecule has 8 nitrogen and oxygen atoms in total. The number of carbonyl (C=O) groups is 1. The Morgan fingerprint density at radius 2 is 1.94 bits per heavy atom. The van der Waals surface area contributed by atoms with Gasteiger partial charge < -0.3 is 9.64 Å². The van der Waals surface area contributed by atoms with Crippen LogP contribution in [0.2, 0.25) is 0 Å². The maximum Gasteiger partial charge on any atom is 0.338 e. The third-order valence-electron chi connectivity index (χ3n) is 5.80. The van der Waals surface area contributed by atoms with E-state index >= 15 is 0 Å². The number of benzene rings is 1. The molecule has 1 aliphatic rings. The Labute approximate surface area is 195 Å². The van der Waals surface area contributed by atoms with Crippen LogP contribution in [0.5, 0.6) is 0 Å². The molecule has 2 aromatic heterocycles. The molecule has 0 bridgehead atoms. The van der Waals surface area contributed by atoms with Crippen molar-refractivity contribution in [3.05, 3.63) is 78.2 Å². The monoisotopic (exact) mass is 465 g/mol. The van der Waals surface area contributed by atoms with Gasteiger partial charge >= 0.3 is 5.97 Å². The van der Waals surface area contributed by atoms with Gasteiger partial charge in [-0.15, -0.1) is 0 Å². The van der Waals surface area contributed by atoms with Crippen LogP contribution in [0.15, 0.2) is 51.5 Å². The molecule has 0 aliphatic carbocycles. The van der Waals surface area contributed by atoms with E-state index in [4.69, 9.17) is 4.74 Å². The van der Waals surface area contributed by atoms with Gasteiger partial charge in [-0.05, 0) is 44.5 Å². The Hall–Kier alpha value is -3.46. The second-order valence-electron chi connectivity index (χ2n) is 8.10. The quantitative estimate of drug-likeness (QED) is 0.538. The highest BCUT2D eigenvalue weighted by Gasteiger charge is 2.33. The number of aryl methyl sites for hydroxylation is 1. The predicted molar refractivity (Wildman–Crippen MR) is 129 cm³/mol. The number of anilines is 1. The Balaban J connectivity index is 1.95. The maximum atomic E-state index is 13.6. The summed E-state index contributed by atoms with van der Waals surface area (Å²) in [6.07, 6.45) is 3.57. The van der Waals surface area contributed by atoms with Crippen molar-refractivity contribution >= 4 is 29.1 Å². The fourth-order valence-corrected chi connectivity index (χ4v) is 4.90. The van der Waals surface area contributed by atoms with Crippen molar-refractivity contribution in [2.75, 3.05) is 25.6 Å². The van der Waals surface area contributed by atoms with Crippen molar-refractivity contribution < 1.29 is 9.53 Å². The molecule has 0 N–H and O–H groups in total. The average molecular weight is 466 g/mol. The number of ether oxygens (including phenoxy) is 1. The fourth-order valence-electron chi connectivity index (χ4n) is 3.86. The van der Waals surface area contributed by atoms with Gasteiger partial charge in [0.2, 0.25) is 0 Å². The number of rotatable bonds is 5. The van der Waals surface area contributed by atoms with E-state index in [2.05, 4.69) is 10.1 Å². The van der Waals surface area contributed by atoms with Crippen LogP contribution in [0.25, 0.3) is 6.08 Å². The van der Waals surface area contributed by atoms with Crippen LogP contribution in [0, 0.1) is 6.92 Å². The minimum absolute atomic E-state index is 0.196. The highest BCUT2D eigenvalue weighted by atomic mass is 32.1. The highest BCUT2D eigenvalue weighted by Crippen LogP contribution is 2.31. The van der Waals surface area contributed by atoms with Crippen molar-refractivity contribution in [3.8, 4) is 0 Å². The minimum atomic E-state index is -0.617. The molecule has 3 heterocycles. The number of hydrogen-bond acceptors (Lipinski definition) is 7. The van der Waals surface area contributed by atoms with Crippen molar-refractivity contribution in [2.45, 2.75) is 26.8 Å². The average Bonchev–Trinajstić information content (AvgIpc) is 3.26. The summed E-state index contributed by atoms with van der Waals surface area (Å²) in [5, 5.41) is 4.26. The van der Waals surface area contributed by atoms with Crippen molar-refractivity contribution in [2.24, 2.45) is 12.0 Å². The predicted octanol–water partition coefficient (Wildman–Crippen LogP) is 1.91. The molecule has 4 rings (SSSR count). The van der Waals surface area contributed by atoms with E-state index in [0.29, 0.717) is 20.6 Å². The van der Waals surface area contributed by atoms with Crippen molar-refractivity contribution in [1.29, 1.82) is 0 Å². The van der Waals surface area contributed by atoms with E-state index in [1.165, 1.54) is 11.3 Å². The third-order valence-corrected chi connectivity index (χ3v) is 6.79. The lowest BCUT2D eigenvalue weighted by atomic mass is 9.95. The zero-order chi connectivity index (χ0) is 23.9. The van der Waals surface area contributed by atoms with E-state index in [1.54, 1.807) is 29.3 Å². The molecule has 172 valence electrons. The molecule has 1 aromatic carbocycles. The summed E-state index contributed by atoms with van der Waals surface area (Å²) < 4.78 is 9.25. The number of carbonyl (C=O) groups excluding carboxylic acids is 1. The number of nitrogens with zero attached hydrogens (tertiary/aromatic N) is 5. The number of thiazole rings is 1. The summed E-state index contributed by atoms with van der Waals surface area (Å²) in [7, 11) is 5.79. The summed E-state index contributed by atoms with van der Waals surface area (Å²) in [6, 6.07) is 7.22. The van der Waals surface area contributed by atoms with Crippen LogP contribution in [0.4, 0.5) is 5.69 Å². The third kappa shape index (κ3) is 4.04. The first-order valence-electron chi connectivity index (χ1n) is 10.7. The van der Waals surface area contributed by atoms with Gasteiger partial charge in [-0.2, -0.15) is 5.10 Å². The maximum absolute atomic E-state index is 13.6. The van der Waals surface area contributed by atoms with Crippen LogP contribution in [-0.4, -0.2) is 41.0 Å². The first-order valence-corrected chi connectivity index (χ1v) is 11.5. The summed E-state index contributed by atoms with van der Waals surface area (Å²) in [4.78, 5) is 33.7. The molecule has 0 spiro atoms. The summed E-state index contributed by atoms with van der Waals surface area (Å²) in [5.74, 6) is -0.460. The molecule has 0 fully saturated rings. The molecule has 0 unspecified atom stereocenters. The van der Waals surface area contributed by atoms with Crippen LogP contribution in [0.1, 0.15) is 36.7 Å². The first-order chi connectivity index (χ1) is 15.7. The van der Waals surface area contributed by atoms with E-state index in [0.717, 1.165) is 22.5 Å². The van der Waals surface area contributed by atoms with Crippen LogP contribution in [0.3, 0.4) is 0 Å². The molecule has 0 saturated carbocycles. The van der Waals surface area contributed by atoms with Crippen LogP contribution < -0.4 is 19.8 Å². The lowest BCUT2D eigenvalue weighted by molar-refractivity contribution is -0.139. The normalized spacial score (nSPS) is 15.9. The highest BCUT2D eigenvalue weighted by molar-refractivity contribution is 7.07. The van der Waals surface area contributed by atoms with Gasteiger partial charge in [0, 0.05) is 38.1 Å². The molecule has 33 heavy (non-hydrogen) atoms. The molecular formula is C24H27N5O3S. The molecule has 1 atom stereocenters. The largest absolute Gasteiger partial charge is 0.463 e. The Morgan fingerprint density at radius 1 is 1.24 bits per heavy atom. The standard InChI is InChI=1S/C24H27N5O3S/c1-7-32-23(31)20-14(2)26-24-29(21(20)16-8-10-18(11-9-16)27(4)5)22(30)19(33-24)12-17-13-25-28(6)15(17)3/h8-13,21H,7H2,1-6H3/t21-/m0/s1. The molecule has 0 radical (unpaired) electrons. The van der Waals surface area contributed by atoms with Gasteiger partial charge in [-0.25, -0.2) is 9.79 Å². The molecule has 3 aromatic rings. The number of hydrogen-bond donors (Lipinski definition) is 0. The minimum Gasteiger partial charge on any atom is -0.463 e. The van der Waals surface area contributed by atoms with Gasteiger partial charge in [0.1, 0.15) is 0 Å². The van der Waals surface area contributed by atoms with E-state index < -0.39 is 12.0 Å². The van der Waals surface area contributed by atoms with Crippen molar-refractivity contribution in [3.63, 3.8) is 0 Å². The van der Waals surface area contributed by atoms with Crippen molar-refractivity contribution in [1.82, 2.24) is 14.3 Å². The van der Waals surface area contributed by atoms with Gasteiger partial charge in [0.05, 0.1) is 34.6 Å². The lowest BCUT2D eigenvalue weighted by Gasteiger charge is -2.25. The zero-order valence-electron chi connectivity index (χ0n) is 19.6. The summed E-state index contributed by atoms with van der Waals surface area (Å²) in [5.41, 5.74) is 4.42. The Kier molecular flexibility index (Phi) is 6.07. The SMILES string of the molecule is CCOC(=O)C1=C(C)N=c2sc(=Cc3cnn(C)c3C)c(=O)n2[C@H]1c1ccc(N(C)C)cc1. The fraction of sp³-hybridized carbons (Fsp3) is 0.333. The molecular weight excluding hydrogens is 438 g/mol. The van der Waals surface area contributed by atoms with E-state index in [9.17, 15) is 9.59 Å². The number of aromatic nitrogens is 3. The molecule has 0 amide bonds. The number of esters is 1. The zero-order valence-corrected chi connectivity index (χ0v) is 20.4. The van der Waals surface area contributed by atoms with Crippen LogP contribution >= 0.6 is 11.3 Å². The van der Waals surface area contributed by atoms with Gasteiger partial charge in [-0.3, -0.25) is 14.0 Å². The topological polar surface area (TPSA) is 81.7 Å². The van der Waals surface area contributed by atoms with Gasteiger partial charge in [-0.1, -0.05) is 23.5 Å². The number of fused-ring (bicyclic) bond motifs is 1. The second-order valence-corrected chi connectivity index (χ2v) is 9.11. The molecule has 0 saturated heterocycles. The van der Waals surface area contributed by atoms with Gasteiger partial charge in [0.25, 0.3) is 5.56 Å². The summed E-state index contributed by atoms with van der Waals surface area (Å²) >= 11 is 1.31. The first kappa shape index (κ1) is 22.7. The van der Waals surface area contributed by atoms with E-state index in [-0.39, 0.29) is 12.2 Å². The molecule has 9 heteroatoms. The van der Waals surface area contributed by atoms with E-state index in [1.807, 2.05) is 63.3 Å². The Morgan fingerprint density at radius 3 is 2.52 bits per heavy atom. The smallest absolute Gasteiger partial charge is 0.338 e. The van der Waals surface area contributed by atoms with Crippen LogP contribution in [-0.2, 0) is 16.6 Å². The Bertz CT molecular complexity index is 1420. The second kappa shape index (κ2) is 8.82. The number of allylic oxidation sites excluding steroid dienone is 1. The summed E-state index contributed by atoms with van der Waals surface area (Å²) in [6.45, 7) is 5.75. The van der Waals surface area contributed by atoms with Gasteiger partial charge in [0.15, 0.2) is 4.80 Å².